The minimum Gasteiger partial charge on any atom is -0.318 e. The van der Waals surface area contributed by atoms with E-state index in [0.29, 0.717) is 36.9 Å². The van der Waals surface area contributed by atoms with Crippen LogP contribution in [0.1, 0.15) is 0 Å². The van der Waals surface area contributed by atoms with Crippen LogP contribution in [-0.2, 0) is 10.2 Å². The Bertz CT molecular complexity index is 521. The van der Waals surface area contributed by atoms with E-state index in [1.165, 1.54) is 8.61 Å². The maximum absolute atomic E-state index is 12.3. The minimum absolute atomic E-state index is 0.440. The van der Waals surface area contributed by atoms with Gasteiger partial charge in [-0.05, 0) is 19.2 Å². The Morgan fingerprint density at radius 1 is 1.33 bits per heavy atom. The van der Waals surface area contributed by atoms with E-state index < -0.39 is 10.2 Å². The van der Waals surface area contributed by atoms with Crippen molar-refractivity contribution >= 4 is 27.5 Å². The third kappa shape index (κ3) is 2.47. The van der Waals surface area contributed by atoms with Crippen molar-refractivity contribution in [3.63, 3.8) is 0 Å². The summed E-state index contributed by atoms with van der Waals surface area (Å²) in [6.45, 7) is 2.04. The first-order chi connectivity index (χ1) is 8.57. The van der Waals surface area contributed by atoms with Crippen molar-refractivity contribution in [1.82, 2.24) is 9.62 Å². The van der Waals surface area contributed by atoms with Gasteiger partial charge < -0.3 is 5.32 Å². The molecule has 1 aromatic carbocycles. The topological polar surface area (TPSA) is 52.6 Å². The Balaban J connectivity index is 2.25. The van der Waals surface area contributed by atoms with Gasteiger partial charge in [-0.3, -0.25) is 4.31 Å². The molecule has 1 fully saturated rings. The van der Waals surface area contributed by atoms with Crippen LogP contribution in [0, 0.1) is 0 Å². The Morgan fingerprint density at radius 3 is 2.72 bits per heavy atom. The maximum Gasteiger partial charge on any atom is 0.304 e. The molecule has 0 atom stereocenters. The molecule has 7 heteroatoms. The number of hydrogen-bond acceptors (Lipinski definition) is 3. The first-order valence-electron chi connectivity index (χ1n) is 5.74. The van der Waals surface area contributed by atoms with Gasteiger partial charge in [0.25, 0.3) is 0 Å². The van der Waals surface area contributed by atoms with E-state index >= 15 is 0 Å². The largest absolute Gasteiger partial charge is 0.318 e. The van der Waals surface area contributed by atoms with E-state index in [1.54, 1.807) is 31.3 Å². The van der Waals surface area contributed by atoms with Gasteiger partial charge in [0, 0.05) is 26.2 Å². The highest BCUT2D eigenvalue weighted by atomic mass is 35.5. The molecule has 0 unspecified atom stereocenters. The van der Waals surface area contributed by atoms with Crippen molar-refractivity contribution in [3.8, 4) is 0 Å². The fourth-order valence-corrected chi connectivity index (χ4v) is 3.86. The molecule has 18 heavy (non-hydrogen) atoms. The molecule has 2 rings (SSSR count). The molecule has 0 bridgehead atoms. The van der Waals surface area contributed by atoms with Crippen molar-refractivity contribution in [3.05, 3.63) is 29.3 Å². The lowest BCUT2D eigenvalue weighted by Gasteiger charge is -2.20. The molecule has 0 aliphatic carbocycles. The second kappa shape index (κ2) is 5.44. The van der Waals surface area contributed by atoms with Gasteiger partial charge in [0.1, 0.15) is 0 Å². The zero-order valence-electron chi connectivity index (χ0n) is 10.1. The SMILES string of the molecule is CNCCN1CCN(c2ccccc2Cl)S1(=O)=O. The maximum atomic E-state index is 12.3. The fourth-order valence-electron chi connectivity index (χ4n) is 1.93. The first-order valence-corrected chi connectivity index (χ1v) is 7.52. The summed E-state index contributed by atoms with van der Waals surface area (Å²) in [5, 5.41) is 3.40. The summed E-state index contributed by atoms with van der Waals surface area (Å²) in [6.07, 6.45) is 0. The predicted octanol–water partition coefficient (Wildman–Crippen LogP) is 0.926. The molecular formula is C11H16ClN3O2S. The third-order valence-corrected chi connectivity index (χ3v) is 5.16. The average molecular weight is 290 g/mol. The zero-order valence-corrected chi connectivity index (χ0v) is 11.7. The molecule has 1 aromatic rings. The number of hydrogen-bond donors (Lipinski definition) is 1. The lowest BCUT2D eigenvalue weighted by Crippen LogP contribution is -2.36. The number of para-hydroxylation sites is 1. The van der Waals surface area contributed by atoms with Crippen molar-refractivity contribution in [2.24, 2.45) is 0 Å². The Labute approximate surface area is 113 Å². The molecule has 1 aliphatic heterocycles. The number of nitrogens with one attached hydrogen (secondary N) is 1. The first kappa shape index (κ1) is 13.6. The van der Waals surface area contributed by atoms with Crippen LogP contribution in [0.2, 0.25) is 5.02 Å². The number of anilines is 1. The second-order valence-corrected chi connectivity index (χ2v) is 6.29. The van der Waals surface area contributed by atoms with E-state index in [1.807, 2.05) is 0 Å². The average Bonchev–Trinajstić information content (AvgIpc) is 2.63. The molecule has 1 N–H and O–H groups in total. The Morgan fingerprint density at radius 2 is 2.06 bits per heavy atom. The third-order valence-electron chi connectivity index (χ3n) is 2.89. The normalized spacial score (nSPS) is 19.3. The van der Waals surface area contributed by atoms with Crippen LogP contribution >= 0.6 is 11.6 Å². The summed E-state index contributed by atoms with van der Waals surface area (Å²) in [4.78, 5) is 0. The molecule has 0 amide bonds. The molecule has 5 nitrogen and oxygen atoms in total. The Hall–Kier alpha value is -0.820. The standard InChI is InChI=1S/C11H16ClN3O2S/c1-13-6-7-14-8-9-15(18(14,16)17)11-5-3-2-4-10(11)12/h2-5,13H,6-9H2,1H3. The van der Waals surface area contributed by atoms with Crippen LogP contribution in [0.25, 0.3) is 0 Å². The molecule has 0 radical (unpaired) electrons. The number of likely N-dealkylation sites (N-methyl/N-ethyl adjacent to an activating group) is 1. The van der Waals surface area contributed by atoms with Gasteiger partial charge >= 0.3 is 10.2 Å². The summed E-state index contributed by atoms with van der Waals surface area (Å²) in [5.74, 6) is 0. The van der Waals surface area contributed by atoms with Crippen molar-refractivity contribution < 1.29 is 8.42 Å². The van der Waals surface area contributed by atoms with Gasteiger partial charge in [-0.1, -0.05) is 23.7 Å². The van der Waals surface area contributed by atoms with Gasteiger partial charge in [0.15, 0.2) is 0 Å². The van der Waals surface area contributed by atoms with Gasteiger partial charge in [-0.2, -0.15) is 12.7 Å². The van der Waals surface area contributed by atoms with Crippen LogP contribution in [0.4, 0.5) is 5.69 Å². The molecule has 0 saturated carbocycles. The van der Waals surface area contributed by atoms with Crippen LogP contribution in [0.15, 0.2) is 24.3 Å². The van der Waals surface area contributed by atoms with Crippen LogP contribution in [-0.4, -0.2) is 45.9 Å². The van der Waals surface area contributed by atoms with Crippen LogP contribution in [0.5, 0.6) is 0 Å². The van der Waals surface area contributed by atoms with E-state index in [0.717, 1.165) is 0 Å². The molecule has 0 aromatic heterocycles. The van der Waals surface area contributed by atoms with Crippen molar-refractivity contribution in [2.75, 3.05) is 37.5 Å². The summed E-state index contributed by atoms with van der Waals surface area (Å²) < 4.78 is 27.5. The number of benzene rings is 1. The summed E-state index contributed by atoms with van der Waals surface area (Å²) in [7, 11) is -1.63. The van der Waals surface area contributed by atoms with Gasteiger partial charge in [-0.25, -0.2) is 0 Å². The fraction of sp³-hybridized carbons (Fsp3) is 0.455. The second-order valence-electron chi connectivity index (χ2n) is 4.03. The highest BCUT2D eigenvalue weighted by Gasteiger charge is 2.36. The van der Waals surface area contributed by atoms with E-state index in [9.17, 15) is 8.42 Å². The quantitative estimate of drug-likeness (QED) is 0.897. The van der Waals surface area contributed by atoms with Gasteiger partial charge in [0.05, 0.1) is 10.7 Å². The molecule has 0 spiro atoms. The molecule has 1 heterocycles. The molecule has 100 valence electrons. The minimum atomic E-state index is -3.43. The smallest absolute Gasteiger partial charge is 0.304 e. The lowest BCUT2D eigenvalue weighted by atomic mass is 10.3. The van der Waals surface area contributed by atoms with Crippen LogP contribution < -0.4 is 9.62 Å². The highest BCUT2D eigenvalue weighted by molar-refractivity contribution is 7.90. The van der Waals surface area contributed by atoms with E-state index in [-0.39, 0.29) is 0 Å². The number of nitrogens with zero attached hydrogens (tertiary/aromatic N) is 2. The monoisotopic (exact) mass is 289 g/mol. The Kier molecular flexibility index (Phi) is 4.11. The lowest BCUT2D eigenvalue weighted by molar-refractivity contribution is 0.447. The number of rotatable bonds is 4. The van der Waals surface area contributed by atoms with Crippen molar-refractivity contribution in [2.45, 2.75) is 0 Å². The highest BCUT2D eigenvalue weighted by Crippen LogP contribution is 2.31. The molecule has 1 aliphatic rings. The van der Waals surface area contributed by atoms with E-state index in [2.05, 4.69) is 5.32 Å². The van der Waals surface area contributed by atoms with E-state index in [4.69, 9.17) is 11.6 Å². The molecular weight excluding hydrogens is 274 g/mol. The molecule has 1 saturated heterocycles. The van der Waals surface area contributed by atoms with Crippen LogP contribution in [0.3, 0.4) is 0 Å². The summed E-state index contributed by atoms with van der Waals surface area (Å²) in [6, 6.07) is 6.99. The summed E-state index contributed by atoms with van der Waals surface area (Å²) >= 11 is 6.05. The van der Waals surface area contributed by atoms with Gasteiger partial charge in [-0.15, -0.1) is 0 Å². The van der Waals surface area contributed by atoms with Crippen molar-refractivity contribution in [1.29, 1.82) is 0 Å². The van der Waals surface area contributed by atoms with Gasteiger partial charge in [0.2, 0.25) is 0 Å². The number of halogens is 1. The predicted molar refractivity (Wildman–Crippen MR) is 73.2 cm³/mol. The summed E-state index contributed by atoms with van der Waals surface area (Å²) in [5.41, 5.74) is 0.547. The zero-order chi connectivity index (χ0) is 13.2.